The van der Waals surface area contributed by atoms with E-state index < -0.39 is 24.3 Å². The largest absolute Gasteiger partial charge is 0.545 e. The molecule has 0 bridgehead atoms. The number of ether oxygens (including phenoxy) is 4. The van der Waals surface area contributed by atoms with Crippen molar-refractivity contribution in [2.75, 3.05) is 47.5 Å². The number of unbranched alkanes of at least 4 members (excludes halogenated alkanes) is 66. The second-order valence-electron chi connectivity index (χ2n) is 30.5. The number of nitrogens with zero attached hydrogens (tertiary/aromatic N) is 1. The molecule has 0 aromatic heterocycles. The summed E-state index contributed by atoms with van der Waals surface area (Å²) in [4.78, 5) is 37.6. The lowest BCUT2D eigenvalue weighted by Crippen LogP contribution is -2.44. The maximum atomic E-state index is 13.0. The number of carbonyl (C=O) groups is 3. The molecule has 0 radical (unpaired) electrons. The fraction of sp³-hybridized carbons (Fsp3) is 0.964. The fourth-order valence-electron chi connectivity index (χ4n) is 13.4. The topological polar surface area (TPSA) is 111 Å². The van der Waals surface area contributed by atoms with Crippen LogP contribution in [0, 0.1) is 0 Å². The van der Waals surface area contributed by atoms with Crippen molar-refractivity contribution in [3.63, 3.8) is 0 Å². The molecule has 0 rings (SSSR count). The molecule has 0 saturated carbocycles. The molecule has 0 aliphatic rings. The van der Waals surface area contributed by atoms with E-state index in [9.17, 15) is 19.5 Å². The number of esters is 2. The first-order valence-electron chi connectivity index (χ1n) is 42.2. The number of likely N-dealkylation sites (N-methyl/N-ethyl adjacent to an activating group) is 1. The number of aliphatic carboxylic acids is 1. The Morgan fingerprint density at radius 2 is 0.484 bits per heavy atom. The summed E-state index contributed by atoms with van der Waals surface area (Å²) in [5.74, 6) is -2.24. The molecule has 0 heterocycles. The van der Waals surface area contributed by atoms with E-state index in [4.69, 9.17) is 18.9 Å². The monoisotopic (exact) mass is 1320 g/mol. The Labute approximate surface area is 581 Å². The van der Waals surface area contributed by atoms with Gasteiger partial charge in [-0.3, -0.25) is 9.59 Å². The summed E-state index contributed by atoms with van der Waals surface area (Å²) in [6, 6.07) is 0. The van der Waals surface area contributed by atoms with Gasteiger partial charge < -0.3 is 33.3 Å². The van der Waals surface area contributed by atoms with E-state index in [0.29, 0.717) is 17.4 Å². The van der Waals surface area contributed by atoms with Gasteiger partial charge in [-0.1, -0.05) is 438 Å². The lowest BCUT2D eigenvalue weighted by Gasteiger charge is -2.26. The van der Waals surface area contributed by atoms with Gasteiger partial charge >= 0.3 is 11.9 Å². The molecule has 2 atom stereocenters. The molecular formula is C84H165NO8. The number of rotatable bonds is 81. The summed E-state index contributed by atoms with van der Waals surface area (Å²) in [6.45, 7) is 4.86. The van der Waals surface area contributed by atoms with E-state index in [0.717, 1.165) is 38.5 Å². The van der Waals surface area contributed by atoms with Gasteiger partial charge in [-0.15, -0.1) is 0 Å². The van der Waals surface area contributed by atoms with Crippen LogP contribution in [-0.2, 0) is 33.3 Å². The Morgan fingerprint density at radius 1 is 0.280 bits per heavy atom. The van der Waals surface area contributed by atoms with Crippen molar-refractivity contribution in [1.82, 2.24) is 0 Å². The Balaban J connectivity index is 3.92. The zero-order chi connectivity index (χ0) is 67.5. The van der Waals surface area contributed by atoms with Crippen molar-refractivity contribution in [3.8, 4) is 0 Å². The van der Waals surface area contributed by atoms with Crippen LogP contribution in [0.15, 0.2) is 0 Å². The molecule has 0 N–H and O–H groups in total. The molecule has 0 amide bonds. The molecule has 0 fully saturated rings. The molecular weight excluding hydrogens is 1150 g/mol. The van der Waals surface area contributed by atoms with Crippen molar-refractivity contribution >= 4 is 17.9 Å². The van der Waals surface area contributed by atoms with Crippen LogP contribution < -0.4 is 5.11 Å². The molecule has 0 spiro atoms. The smallest absolute Gasteiger partial charge is 0.306 e. The molecule has 0 aliphatic heterocycles. The SMILES string of the molecule is CCCCCCCCCCCCCCCCCCCCCCCCCCCCCCCCCCCCC(=O)OCC(COC(OCC[N+](C)(C)C)C(=O)[O-])OC(=O)CCCCCCCCCCCCCCCCCCCCCCCCCCCCCCCCCCCC. The van der Waals surface area contributed by atoms with Gasteiger partial charge in [0.25, 0.3) is 0 Å². The van der Waals surface area contributed by atoms with Crippen LogP contribution in [0.25, 0.3) is 0 Å². The van der Waals surface area contributed by atoms with Gasteiger partial charge in [0.2, 0.25) is 0 Å². The summed E-state index contributed by atoms with van der Waals surface area (Å²) in [5.41, 5.74) is 0. The molecule has 554 valence electrons. The molecule has 0 aliphatic carbocycles. The van der Waals surface area contributed by atoms with E-state index in [1.165, 1.54) is 398 Å². The highest BCUT2D eigenvalue weighted by atomic mass is 16.7. The predicted molar refractivity (Wildman–Crippen MR) is 399 cm³/mol. The van der Waals surface area contributed by atoms with Crippen LogP contribution in [0.1, 0.15) is 463 Å². The van der Waals surface area contributed by atoms with E-state index in [1.807, 2.05) is 21.1 Å². The first-order valence-corrected chi connectivity index (χ1v) is 42.2. The van der Waals surface area contributed by atoms with Crippen LogP contribution in [-0.4, -0.2) is 82.3 Å². The van der Waals surface area contributed by atoms with Gasteiger partial charge in [0.15, 0.2) is 12.4 Å². The van der Waals surface area contributed by atoms with Crippen LogP contribution in [0.4, 0.5) is 0 Å². The summed E-state index contributed by atoms with van der Waals surface area (Å²) in [6.07, 6.45) is 91.2. The van der Waals surface area contributed by atoms with Gasteiger partial charge in [0, 0.05) is 12.8 Å². The third-order valence-corrected chi connectivity index (χ3v) is 19.9. The highest BCUT2D eigenvalue weighted by Crippen LogP contribution is 2.21. The second-order valence-corrected chi connectivity index (χ2v) is 30.5. The summed E-state index contributed by atoms with van der Waals surface area (Å²) < 4.78 is 22.9. The minimum absolute atomic E-state index is 0.154. The quantitative estimate of drug-likeness (QED) is 0.0256. The zero-order valence-electron chi connectivity index (χ0n) is 63.7. The third kappa shape index (κ3) is 77.5. The molecule has 0 aromatic carbocycles. The number of carbonyl (C=O) groups excluding carboxylic acids is 3. The Hall–Kier alpha value is -1.71. The Morgan fingerprint density at radius 3 is 0.688 bits per heavy atom. The van der Waals surface area contributed by atoms with Gasteiger partial charge in [0.1, 0.15) is 13.2 Å². The third-order valence-electron chi connectivity index (χ3n) is 19.9. The fourth-order valence-corrected chi connectivity index (χ4v) is 13.4. The van der Waals surface area contributed by atoms with Crippen LogP contribution in [0.2, 0.25) is 0 Å². The van der Waals surface area contributed by atoms with Gasteiger partial charge in [-0.25, -0.2) is 0 Å². The lowest BCUT2D eigenvalue weighted by molar-refractivity contribution is -0.870. The maximum absolute atomic E-state index is 13.0. The first-order chi connectivity index (χ1) is 45.6. The molecule has 0 saturated heterocycles. The summed E-state index contributed by atoms with van der Waals surface area (Å²) in [5, 5.41) is 11.9. The molecule has 9 heteroatoms. The maximum Gasteiger partial charge on any atom is 0.306 e. The number of hydrogen-bond donors (Lipinski definition) is 0. The minimum atomic E-state index is -1.62. The van der Waals surface area contributed by atoms with Gasteiger partial charge in [0.05, 0.1) is 40.3 Å². The van der Waals surface area contributed by atoms with Crippen LogP contribution in [0.5, 0.6) is 0 Å². The second kappa shape index (κ2) is 76.1. The van der Waals surface area contributed by atoms with E-state index in [1.54, 1.807) is 0 Å². The van der Waals surface area contributed by atoms with Crippen molar-refractivity contribution in [1.29, 1.82) is 0 Å². The zero-order valence-corrected chi connectivity index (χ0v) is 63.7. The number of carboxylic acid groups (broad SMARTS) is 1. The molecule has 9 nitrogen and oxygen atoms in total. The number of carboxylic acids is 1. The van der Waals surface area contributed by atoms with E-state index in [-0.39, 0.29) is 32.2 Å². The van der Waals surface area contributed by atoms with Crippen LogP contribution >= 0.6 is 0 Å². The van der Waals surface area contributed by atoms with Gasteiger partial charge in [-0.2, -0.15) is 0 Å². The first kappa shape index (κ1) is 91.3. The molecule has 93 heavy (non-hydrogen) atoms. The van der Waals surface area contributed by atoms with Crippen molar-refractivity contribution in [2.24, 2.45) is 0 Å². The standard InChI is InChI=1S/C84H165NO8/c1-6-8-10-12-14-16-18-20-22-24-26-28-30-32-34-36-38-40-42-44-46-48-50-52-54-56-58-60-62-64-66-68-70-72-74-81(86)91-78-80(79-92-84(83(88)89)90-77-76-85(3,4)5)93-82(87)75-73-71-69-67-65-63-61-59-57-55-53-51-49-47-45-43-41-39-37-35-33-31-29-27-25-23-21-19-17-15-13-11-9-7-2/h80,84H,6-79H2,1-5H3. The van der Waals surface area contributed by atoms with Gasteiger partial charge in [-0.05, 0) is 12.8 Å². The highest BCUT2D eigenvalue weighted by Gasteiger charge is 2.22. The van der Waals surface area contributed by atoms with Crippen molar-refractivity contribution in [3.05, 3.63) is 0 Å². The predicted octanol–water partition coefficient (Wildman–Crippen LogP) is 25.6. The van der Waals surface area contributed by atoms with E-state index >= 15 is 0 Å². The average Bonchev–Trinajstić information content (AvgIpc) is 3.69. The van der Waals surface area contributed by atoms with E-state index in [2.05, 4.69) is 13.8 Å². The summed E-state index contributed by atoms with van der Waals surface area (Å²) >= 11 is 0. The summed E-state index contributed by atoms with van der Waals surface area (Å²) in [7, 11) is 5.96. The van der Waals surface area contributed by atoms with Crippen LogP contribution in [0.3, 0.4) is 0 Å². The lowest BCUT2D eigenvalue weighted by atomic mass is 10.0. The molecule has 2 unspecified atom stereocenters. The minimum Gasteiger partial charge on any atom is -0.545 e. The number of quaternary nitrogens is 1. The number of hydrogen-bond acceptors (Lipinski definition) is 8. The Bertz CT molecular complexity index is 1480. The van der Waals surface area contributed by atoms with Crippen molar-refractivity contribution < 1.29 is 42.9 Å². The highest BCUT2D eigenvalue weighted by molar-refractivity contribution is 5.70. The average molecular weight is 1320 g/mol. The normalized spacial score (nSPS) is 12.5. The molecule has 0 aromatic rings. The van der Waals surface area contributed by atoms with Crippen molar-refractivity contribution in [2.45, 2.75) is 476 Å². The Kier molecular flexibility index (Phi) is 74.7.